The van der Waals surface area contributed by atoms with Crippen LogP contribution in [-0.2, 0) is 4.74 Å². The molecular weight excluding hydrogens is 413 g/mol. The van der Waals surface area contributed by atoms with Crippen molar-refractivity contribution in [2.24, 2.45) is 0 Å². The summed E-state index contributed by atoms with van der Waals surface area (Å²) in [7, 11) is 0. The predicted molar refractivity (Wildman–Crippen MR) is 122 cm³/mol. The molecular formula is C24H26FN3O2S. The van der Waals surface area contributed by atoms with E-state index in [1.54, 1.807) is 18.3 Å². The number of amides is 1. The zero-order chi connectivity index (χ0) is 21.8. The van der Waals surface area contributed by atoms with Crippen molar-refractivity contribution in [1.82, 2.24) is 15.2 Å². The lowest BCUT2D eigenvalue weighted by Gasteiger charge is -2.29. The van der Waals surface area contributed by atoms with Crippen LogP contribution in [0, 0.1) is 12.7 Å². The van der Waals surface area contributed by atoms with Crippen molar-refractivity contribution in [2.75, 3.05) is 32.8 Å². The predicted octanol–water partition coefficient (Wildman–Crippen LogP) is 4.38. The molecule has 1 amide bonds. The number of aromatic nitrogens is 1. The van der Waals surface area contributed by atoms with Gasteiger partial charge in [0, 0.05) is 53.9 Å². The monoisotopic (exact) mass is 439 g/mol. The Morgan fingerprint density at radius 3 is 2.71 bits per heavy atom. The molecule has 5 nitrogen and oxygen atoms in total. The molecule has 7 heteroatoms. The number of carbonyl (C=O) groups excluding carboxylic acids is 1. The molecule has 162 valence electrons. The molecule has 2 aromatic carbocycles. The third-order valence-corrected chi connectivity index (χ3v) is 6.15. The van der Waals surface area contributed by atoms with Crippen molar-refractivity contribution >= 4 is 17.2 Å². The summed E-state index contributed by atoms with van der Waals surface area (Å²) >= 11 is 1.49. The minimum Gasteiger partial charge on any atom is -0.379 e. The normalized spacial score (nSPS) is 15.6. The number of aryl methyl sites for hydroxylation is 1. The lowest BCUT2D eigenvalue weighted by Crippen LogP contribution is -2.46. The number of carbonyl (C=O) groups is 1. The zero-order valence-corrected chi connectivity index (χ0v) is 18.5. The number of hydrogen-bond acceptors (Lipinski definition) is 5. The summed E-state index contributed by atoms with van der Waals surface area (Å²) in [6.07, 6.45) is 1.73. The first-order chi connectivity index (χ1) is 15.0. The van der Waals surface area contributed by atoms with Gasteiger partial charge in [-0.25, -0.2) is 9.37 Å². The van der Waals surface area contributed by atoms with Crippen LogP contribution in [0.15, 0.2) is 48.0 Å². The fourth-order valence-corrected chi connectivity index (χ4v) is 4.41. The number of ether oxygens (including phenoxy) is 1. The van der Waals surface area contributed by atoms with Gasteiger partial charge < -0.3 is 10.1 Å². The summed E-state index contributed by atoms with van der Waals surface area (Å²) in [6.45, 7) is 7.81. The molecule has 0 bridgehead atoms. The van der Waals surface area contributed by atoms with Gasteiger partial charge >= 0.3 is 0 Å². The minimum absolute atomic E-state index is 0.0197. The number of benzene rings is 2. The molecule has 1 N–H and O–H groups in total. The van der Waals surface area contributed by atoms with E-state index in [9.17, 15) is 9.18 Å². The summed E-state index contributed by atoms with van der Waals surface area (Å²) in [4.78, 5) is 19.7. The Hall–Kier alpha value is -2.61. The molecule has 1 saturated heterocycles. The van der Waals surface area contributed by atoms with Crippen molar-refractivity contribution in [1.29, 1.82) is 0 Å². The van der Waals surface area contributed by atoms with Crippen LogP contribution in [0.25, 0.3) is 21.7 Å². The van der Waals surface area contributed by atoms with E-state index in [2.05, 4.69) is 15.2 Å². The number of rotatable bonds is 6. The van der Waals surface area contributed by atoms with Crippen LogP contribution in [0.2, 0.25) is 0 Å². The van der Waals surface area contributed by atoms with E-state index in [4.69, 9.17) is 4.74 Å². The molecule has 1 fully saturated rings. The third-order valence-electron chi connectivity index (χ3n) is 5.32. The maximum absolute atomic E-state index is 14.7. The standard InChI is InChI=1S/C24H26FN3O2S/c1-16-3-4-21(22(25)11-16)18-12-19(14-20(13-18)24-26-5-10-31-24)23(29)27-17(2)15-28-6-8-30-9-7-28/h3-5,10-14,17H,6-9,15H2,1-2H3,(H,27,29)/t17-/m1/s1. The van der Waals surface area contributed by atoms with Crippen molar-refractivity contribution in [3.8, 4) is 21.7 Å². The molecule has 0 radical (unpaired) electrons. The molecule has 1 atom stereocenters. The highest BCUT2D eigenvalue weighted by atomic mass is 32.1. The Kier molecular flexibility index (Phi) is 6.75. The van der Waals surface area contributed by atoms with E-state index < -0.39 is 0 Å². The van der Waals surface area contributed by atoms with Crippen LogP contribution < -0.4 is 5.32 Å². The maximum atomic E-state index is 14.7. The van der Waals surface area contributed by atoms with Crippen molar-refractivity contribution in [2.45, 2.75) is 19.9 Å². The van der Waals surface area contributed by atoms with E-state index in [1.807, 2.05) is 37.4 Å². The van der Waals surface area contributed by atoms with Gasteiger partial charge in [0.05, 0.1) is 13.2 Å². The highest BCUT2D eigenvalue weighted by Crippen LogP contribution is 2.31. The van der Waals surface area contributed by atoms with Gasteiger partial charge in [-0.3, -0.25) is 9.69 Å². The van der Waals surface area contributed by atoms with Crippen LogP contribution in [0.5, 0.6) is 0 Å². The summed E-state index contributed by atoms with van der Waals surface area (Å²) in [5.41, 5.74) is 3.29. The second-order valence-corrected chi connectivity index (χ2v) is 8.80. The maximum Gasteiger partial charge on any atom is 0.251 e. The summed E-state index contributed by atoms with van der Waals surface area (Å²) in [5.74, 6) is -0.476. The van der Waals surface area contributed by atoms with E-state index >= 15 is 0 Å². The summed E-state index contributed by atoms with van der Waals surface area (Å²) in [6, 6.07) is 10.6. The smallest absolute Gasteiger partial charge is 0.251 e. The second kappa shape index (κ2) is 9.68. The van der Waals surface area contributed by atoms with Crippen LogP contribution in [0.1, 0.15) is 22.8 Å². The SMILES string of the molecule is Cc1ccc(-c2cc(C(=O)N[C@H](C)CN3CCOCC3)cc(-c3nccs3)c2)c(F)c1. The molecule has 0 saturated carbocycles. The van der Waals surface area contributed by atoms with Crippen LogP contribution in [0.3, 0.4) is 0 Å². The zero-order valence-electron chi connectivity index (χ0n) is 17.7. The van der Waals surface area contributed by atoms with E-state index in [0.717, 1.165) is 49.0 Å². The Balaban J connectivity index is 1.61. The number of nitrogens with zero attached hydrogens (tertiary/aromatic N) is 2. The number of halogens is 1. The first-order valence-electron chi connectivity index (χ1n) is 10.4. The van der Waals surface area contributed by atoms with Crippen molar-refractivity contribution in [3.05, 3.63) is 64.9 Å². The van der Waals surface area contributed by atoms with Gasteiger partial charge in [-0.15, -0.1) is 11.3 Å². The largest absolute Gasteiger partial charge is 0.379 e. The molecule has 2 heterocycles. The molecule has 0 unspecified atom stereocenters. The molecule has 31 heavy (non-hydrogen) atoms. The first-order valence-corrected chi connectivity index (χ1v) is 11.3. The van der Waals surface area contributed by atoms with Gasteiger partial charge in [-0.05, 0) is 49.2 Å². The summed E-state index contributed by atoms with van der Waals surface area (Å²) in [5, 5.41) is 5.77. The van der Waals surface area contributed by atoms with Gasteiger partial charge in [0.2, 0.25) is 0 Å². The van der Waals surface area contributed by atoms with Crippen LogP contribution >= 0.6 is 11.3 Å². The third kappa shape index (κ3) is 5.36. The number of nitrogens with one attached hydrogen (secondary N) is 1. The van der Waals surface area contributed by atoms with Crippen molar-refractivity contribution in [3.63, 3.8) is 0 Å². The average Bonchev–Trinajstić information content (AvgIpc) is 3.29. The fourth-order valence-electron chi connectivity index (χ4n) is 3.78. The molecule has 3 aromatic rings. The van der Waals surface area contributed by atoms with Gasteiger partial charge in [-0.2, -0.15) is 0 Å². The van der Waals surface area contributed by atoms with Gasteiger partial charge in [0.1, 0.15) is 10.8 Å². The molecule has 1 aliphatic rings. The lowest BCUT2D eigenvalue weighted by atomic mass is 9.98. The highest BCUT2D eigenvalue weighted by Gasteiger charge is 2.18. The molecule has 0 spiro atoms. The average molecular weight is 440 g/mol. The highest BCUT2D eigenvalue weighted by molar-refractivity contribution is 7.13. The lowest BCUT2D eigenvalue weighted by molar-refractivity contribution is 0.0342. The van der Waals surface area contributed by atoms with Crippen molar-refractivity contribution < 1.29 is 13.9 Å². The quantitative estimate of drug-likeness (QED) is 0.620. The molecule has 0 aliphatic carbocycles. The van der Waals surface area contributed by atoms with Crippen LogP contribution in [0.4, 0.5) is 4.39 Å². The van der Waals surface area contributed by atoms with Gasteiger partial charge in [0.25, 0.3) is 5.91 Å². The molecule has 4 rings (SSSR count). The number of thiazole rings is 1. The Morgan fingerprint density at radius 2 is 2.00 bits per heavy atom. The second-order valence-electron chi connectivity index (χ2n) is 7.91. The van der Waals surface area contributed by atoms with E-state index in [1.165, 1.54) is 17.4 Å². The molecule has 1 aliphatic heterocycles. The van der Waals surface area contributed by atoms with Gasteiger partial charge in [0.15, 0.2) is 0 Å². The Bertz CT molecular complexity index is 1050. The first kappa shape index (κ1) is 21.6. The number of morpholine rings is 1. The van der Waals surface area contributed by atoms with E-state index in [-0.39, 0.29) is 17.8 Å². The van der Waals surface area contributed by atoms with E-state index in [0.29, 0.717) is 16.7 Å². The number of hydrogen-bond donors (Lipinski definition) is 1. The molecule has 1 aromatic heterocycles. The minimum atomic E-state index is -0.302. The topological polar surface area (TPSA) is 54.5 Å². The Labute approximate surface area is 185 Å². The fraction of sp³-hybridized carbons (Fsp3) is 0.333. The summed E-state index contributed by atoms with van der Waals surface area (Å²) < 4.78 is 20.1. The Morgan fingerprint density at radius 1 is 1.23 bits per heavy atom. The van der Waals surface area contributed by atoms with Gasteiger partial charge in [-0.1, -0.05) is 12.1 Å². The van der Waals surface area contributed by atoms with Crippen LogP contribution in [-0.4, -0.2) is 54.7 Å².